The van der Waals surface area contributed by atoms with Crippen LogP contribution in [0.5, 0.6) is 0 Å². The first-order valence-electron chi connectivity index (χ1n) is 7.46. The minimum atomic E-state index is -0.255. The van der Waals surface area contributed by atoms with Crippen molar-refractivity contribution in [2.24, 2.45) is 0 Å². The lowest BCUT2D eigenvalue weighted by Gasteiger charge is -2.16. The van der Waals surface area contributed by atoms with E-state index in [0.717, 1.165) is 6.54 Å². The topological polar surface area (TPSA) is 74.0 Å². The highest BCUT2D eigenvalue weighted by atomic mass is 35.5. The molecule has 0 unspecified atom stereocenters. The van der Waals surface area contributed by atoms with Gasteiger partial charge in [-0.1, -0.05) is 25.7 Å². The molecule has 118 valence electrons. The summed E-state index contributed by atoms with van der Waals surface area (Å²) in [5, 5.41) is 6.32. The molecule has 0 aliphatic heterocycles. The first kappa shape index (κ1) is 17.7. The number of carbonyl (C=O) groups is 1. The fraction of sp³-hybridized carbons (Fsp3) is 0.600. The molecule has 0 radical (unpaired) electrons. The van der Waals surface area contributed by atoms with Crippen LogP contribution in [0.2, 0.25) is 0 Å². The van der Waals surface area contributed by atoms with Gasteiger partial charge < -0.3 is 15.6 Å². The SMILES string of the molecule is Cl.O=C(NCCNC1CCCCCC1)c1cc[nH]c(=O)c1. The second-order valence-corrected chi connectivity index (χ2v) is 5.34. The van der Waals surface area contributed by atoms with Crippen molar-refractivity contribution in [3.05, 3.63) is 34.2 Å². The molecular weight excluding hydrogens is 290 g/mol. The highest BCUT2D eigenvalue weighted by molar-refractivity contribution is 5.93. The first-order valence-corrected chi connectivity index (χ1v) is 7.46. The molecule has 1 aliphatic carbocycles. The molecule has 2 rings (SSSR count). The normalized spacial score (nSPS) is 15.8. The van der Waals surface area contributed by atoms with Crippen molar-refractivity contribution in [2.75, 3.05) is 13.1 Å². The number of hydrogen-bond donors (Lipinski definition) is 3. The molecule has 1 aromatic rings. The number of aromatic amines is 1. The van der Waals surface area contributed by atoms with Crippen molar-refractivity contribution >= 4 is 18.3 Å². The molecule has 1 aliphatic rings. The Bertz CT molecular complexity index is 482. The van der Waals surface area contributed by atoms with Crippen LogP contribution in [-0.2, 0) is 0 Å². The van der Waals surface area contributed by atoms with E-state index in [2.05, 4.69) is 15.6 Å². The Labute approximate surface area is 131 Å². The van der Waals surface area contributed by atoms with E-state index >= 15 is 0 Å². The third kappa shape index (κ3) is 6.31. The van der Waals surface area contributed by atoms with Gasteiger partial charge in [0.1, 0.15) is 0 Å². The van der Waals surface area contributed by atoms with Crippen LogP contribution in [0.1, 0.15) is 48.9 Å². The van der Waals surface area contributed by atoms with Gasteiger partial charge in [-0.2, -0.15) is 0 Å². The third-order valence-electron chi connectivity index (χ3n) is 3.74. The van der Waals surface area contributed by atoms with Gasteiger partial charge in [-0.15, -0.1) is 12.4 Å². The molecule has 3 N–H and O–H groups in total. The fourth-order valence-corrected chi connectivity index (χ4v) is 2.62. The number of carbonyl (C=O) groups excluding carboxylic acids is 1. The summed E-state index contributed by atoms with van der Waals surface area (Å²) >= 11 is 0. The maximum Gasteiger partial charge on any atom is 0.251 e. The minimum Gasteiger partial charge on any atom is -0.351 e. The van der Waals surface area contributed by atoms with Crippen LogP contribution >= 0.6 is 12.4 Å². The summed E-state index contributed by atoms with van der Waals surface area (Å²) < 4.78 is 0. The average Bonchev–Trinajstić information content (AvgIpc) is 2.72. The van der Waals surface area contributed by atoms with E-state index in [9.17, 15) is 9.59 Å². The first-order chi connectivity index (χ1) is 9.75. The van der Waals surface area contributed by atoms with E-state index in [-0.39, 0.29) is 23.9 Å². The van der Waals surface area contributed by atoms with E-state index in [0.29, 0.717) is 18.2 Å². The number of nitrogens with one attached hydrogen (secondary N) is 3. The lowest BCUT2D eigenvalue weighted by Crippen LogP contribution is -2.37. The highest BCUT2D eigenvalue weighted by Gasteiger charge is 2.11. The molecule has 0 atom stereocenters. The summed E-state index contributed by atoms with van der Waals surface area (Å²) in [5.74, 6) is -0.196. The van der Waals surface area contributed by atoms with Crippen LogP contribution in [0, 0.1) is 0 Å². The summed E-state index contributed by atoms with van der Waals surface area (Å²) in [6.07, 6.45) is 9.26. The zero-order chi connectivity index (χ0) is 14.2. The fourth-order valence-electron chi connectivity index (χ4n) is 2.62. The quantitative estimate of drug-likeness (QED) is 0.573. The maximum absolute atomic E-state index is 11.8. The predicted molar refractivity (Wildman–Crippen MR) is 86.1 cm³/mol. The van der Waals surface area contributed by atoms with Gasteiger partial charge in [-0.05, 0) is 18.9 Å². The van der Waals surface area contributed by atoms with Gasteiger partial charge in [0, 0.05) is 37.0 Å². The van der Waals surface area contributed by atoms with Crippen molar-refractivity contribution in [3.8, 4) is 0 Å². The molecule has 6 heteroatoms. The van der Waals surface area contributed by atoms with Gasteiger partial charge in [0.2, 0.25) is 5.56 Å². The molecule has 1 fully saturated rings. The Morgan fingerprint density at radius 1 is 1.19 bits per heavy atom. The third-order valence-corrected chi connectivity index (χ3v) is 3.74. The molecule has 0 aromatic carbocycles. The average molecular weight is 314 g/mol. The van der Waals surface area contributed by atoms with Gasteiger partial charge >= 0.3 is 0 Å². The lowest BCUT2D eigenvalue weighted by atomic mass is 10.1. The Kier molecular flexibility index (Phi) is 8.08. The smallest absolute Gasteiger partial charge is 0.251 e. The number of halogens is 1. The zero-order valence-electron chi connectivity index (χ0n) is 12.2. The van der Waals surface area contributed by atoms with Crippen molar-refractivity contribution in [2.45, 2.75) is 44.6 Å². The summed E-state index contributed by atoms with van der Waals surface area (Å²) in [4.78, 5) is 25.4. The van der Waals surface area contributed by atoms with Gasteiger partial charge in [-0.3, -0.25) is 9.59 Å². The molecule has 1 amide bonds. The summed E-state index contributed by atoms with van der Waals surface area (Å²) in [6, 6.07) is 3.51. The van der Waals surface area contributed by atoms with Crippen molar-refractivity contribution in [1.82, 2.24) is 15.6 Å². The van der Waals surface area contributed by atoms with E-state index in [1.54, 1.807) is 6.07 Å². The number of hydrogen-bond acceptors (Lipinski definition) is 3. The molecule has 0 saturated heterocycles. The molecule has 0 spiro atoms. The number of rotatable bonds is 5. The van der Waals surface area contributed by atoms with Crippen molar-refractivity contribution < 1.29 is 4.79 Å². The minimum absolute atomic E-state index is 0. The van der Waals surface area contributed by atoms with Crippen molar-refractivity contribution in [1.29, 1.82) is 0 Å². The second-order valence-electron chi connectivity index (χ2n) is 5.34. The highest BCUT2D eigenvalue weighted by Crippen LogP contribution is 2.16. The van der Waals surface area contributed by atoms with Gasteiger partial charge in [0.15, 0.2) is 0 Å². The summed E-state index contributed by atoms with van der Waals surface area (Å²) in [5.41, 5.74) is 0.150. The molecule has 1 saturated carbocycles. The lowest BCUT2D eigenvalue weighted by molar-refractivity contribution is 0.0953. The van der Waals surface area contributed by atoms with Gasteiger partial charge in [0.05, 0.1) is 0 Å². The van der Waals surface area contributed by atoms with Gasteiger partial charge in [0.25, 0.3) is 5.91 Å². The molecule has 1 aromatic heterocycles. The Hall–Kier alpha value is -1.33. The maximum atomic E-state index is 11.8. The van der Waals surface area contributed by atoms with E-state index < -0.39 is 0 Å². The monoisotopic (exact) mass is 313 g/mol. The zero-order valence-corrected chi connectivity index (χ0v) is 13.0. The number of aromatic nitrogens is 1. The van der Waals surface area contributed by atoms with E-state index in [1.165, 1.54) is 50.8 Å². The second kappa shape index (κ2) is 9.58. The number of H-pyrrole nitrogens is 1. The van der Waals surface area contributed by atoms with Crippen LogP contribution in [0.25, 0.3) is 0 Å². The molecule has 5 nitrogen and oxygen atoms in total. The number of amides is 1. The largest absolute Gasteiger partial charge is 0.351 e. The van der Waals surface area contributed by atoms with Crippen LogP contribution in [0.15, 0.2) is 23.1 Å². The van der Waals surface area contributed by atoms with E-state index in [4.69, 9.17) is 0 Å². The van der Waals surface area contributed by atoms with Crippen LogP contribution < -0.4 is 16.2 Å². The predicted octanol–water partition coefficient (Wildman–Crippen LogP) is 1.84. The molecular formula is C15H24ClN3O2. The van der Waals surface area contributed by atoms with Crippen molar-refractivity contribution in [3.63, 3.8) is 0 Å². The van der Waals surface area contributed by atoms with Crippen LogP contribution in [0.3, 0.4) is 0 Å². The van der Waals surface area contributed by atoms with Gasteiger partial charge in [-0.25, -0.2) is 0 Å². The summed E-state index contributed by atoms with van der Waals surface area (Å²) in [7, 11) is 0. The van der Waals surface area contributed by atoms with E-state index in [1.807, 2.05) is 0 Å². The summed E-state index contributed by atoms with van der Waals surface area (Å²) in [6.45, 7) is 1.36. The Morgan fingerprint density at radius 2 is 1.90 bits per heavy atom. The number of pyridine rings is 1. The van der Waals surface area contributed by atoms with Crippen LogP contribution in [-0.4, -0.2) is 30.0 Å². The Morgan fingerprint density at radius 3 is 2.57 bits per heavy atom. The van der Waals surface area contributed by atoms with Crippen LogP contribution in [0.4, 0.5) is 0 Å². The molecule has 1 heterocycles. The molecule has 0 bridgehead atoms. The standard InChI is InChI=1S/C15H23N3O2.ClH/c19-14-11-12(7-8-17-14)15(20)18-10-9-16-13-5-3-1-2-4-6-13;/h7-8,11,13,16H,1-6,9-10H2,(H,17,19)(H,18,20);1H. The Balaban J connectivity index is 0.00000220. The molecule has 21 heavy (non-hydrogen) atoms.